The molecule has 0 atom stereocenters. The Morgan fingerprint density at radius 3 is 2.16 bits per heavy atom. The van der Waals surface area contributed by atoms with Gasteiger partial charge in [0.15, 0.2) is 0 Å². The van der Waals surface area contributed by atoms with E-state index in [-0.39, 0.29) is 18.4 Å². The third kappa shape index (κ3) is 5.09. The number of nitrogens with zero attached hydrogens (tertiary/aromatic N) is 1. The van der Waals surface area contributed by atoms with E-state index in [1.165, 1.54) is 23.1 Å². The summed E-state index contributed by atoms with van der Waals surface area (Å²) in [6.45, 7) is 3.83. The van der Waals surface area contributed by atoms with Crippen LogP contribution in [0.5, 0.6) is 0 Å². The summed E-state index contributed by atoms with van der Waals surface area (Å²) in [6, 6.07) is 4.47. The van der Waals surface area contributed by atoms with Crippen molar-refractivity contribution in [3.63, 3.8) is 0 Å². The highest BCUT2D eigenvalue weighted by atomic mass is 35.5. The van der Waals surface area contributed by atoms with Crippen LogP contribution in [0.2, 0.25) is 10.0 Å². The maximum atomic E-state index is 12.3. The van der Waals surface area contributed by atoms with Gasteiger partial charge in [-0.25, -0.2) is 0 Å². The summed E-state index contributed by atoms with van der Waals surface area (Å²) in [7, 11) is 0. The van der Waals surface area contributed by atoms with Gasteiger partial charge in [0.1, 0.15) is 6.54 Å². The SMILES string of the molecule is CC(C)CN(CC(=O)O)C(=O)c1cc(Cl)cc(Cl)c1. The first-order valence-electron chi connectivity index (χ1n) is 5.76. The van der Waals surface area contributed by atoms with E-state index in [1.54, 1.807) is 0 Å². The smallest absolute Gasteiger partial charge is 0.323 e. The van der Waals surface area contributed by atoms with E-state index in [4.69, 9.17) is 28.3 Å². The van der Waals surface area contributed by atoms with Crippen LogP contribution in [0.15, 0.2) is 18.2 Å². The van der Waals surface area contributed by atoms with Crippen molar-refractivity contribution in [1.82, 2.24) is 4.90 Å². The molecule has 104 valence electrons. The molecule has 0 bridgehead atoms. The zero-order valence-electron chi connectivity index (χ0n) is 10.7. The summed E-state index contributed by atoms with van der Waals surface area (Å²) < 4.78 is 0. The molecule has 1 N–H and O–H groups in total. The van der Waals surface area contributed by atoms with Crippen LogP contribution in [-0.4, -0.2) is 35.0 Å². The summed E-state index contributed by atoms with van der Waals surface area (Å²) in [5, 5.41) is 9.54. The van der Waals surface area contributed by atoms with E-state index in [0.717, 1.165) is 0 Å². The average Bonchev–Trinajstić information content (AvgIpc) is 2.24. The first kappa shape index (κ1) is 15.8. The molecule has 1 amide bonds. The topological polar surface area (TPSA) is 57.6 Å². The first-order chi connectivity index (χ1) is 8.79. The summed E-state index contributed by atoms with van der Waals surface area (Å²) >= 11 is 11.7. The molecule has 6 heteroatoms. The van der Waals surface area contributed by atoms with Gasteiger partial charge < -0.3 is 10.0 Å². The predicted molar refractivity (Wildman–Crippen MR) is 74.8 cm³/mol. The van der Waals surface area contributed by atoms with Crippen molar-refractivity contribution in [3.05, 3.63) is 33.8 Å². The highest BCUT2D eigenvalue weighted by Gasteiger charge is 2.20. The van der Waals surface area contributed by atoms with E-state index in [0.29, 0.717) is 22.2 Å². The van der Waals surface area contributed by atoms with Gasteiger partial charge in [0.05, 0.1) is 0 Å². The lowest BCUT2D eigenvalue weighted by Gasteiger charge is -2.23. The Bertz CT molecular complexity index is 469. The van der Waals surface area contributed by atoms with Crippen molar-refractivity contribution < 1.29 is 14.7 Å². The molecule has 1 aromatic rings. The van der Waals surface area contributed by atoms with Crippen molar-refractivity contribution in [3.8, 4) is 0 Å². The molecular formula is C13H15Cl2NO3. The van der Waals surface area contributed by atoms with Crippen LogP contribution in [0.3, 0.4) is 0 Å². The van der Waals surface area contributed by atoms with E-state index in [2.05, 4.69) is 0 Å². The molecule has 0 unspecified atom stereocenters. The third-order valence-corrected chi connectivity index (χ3v) is 2.74. The molecule has 4 nitrogen and oxygen atoms in total. The standard InChI is InChI=1S/C13H15Cl2NO3/c1-8(2)6-16(7-12(17)18)13(19)9-3-10(14)5-11(15)4-9/h3-5,8H,6-7H2,1-2H3,(H,17,18). The Kier molecular flexibility index (Phi) is 5.63. The van der Waals surface area contributed by atoms with Crippen LogP contribution in [0.25, 0.3) is 0 Å². The molecule has 0 spiro atoms. The number of carbonyl (C=O) groups is 2. The molecule has 0 saturated carbocycles. The molecule has 0 radical (unpaired) electrons. The molecule has 0 saturated heterocycles. The number of hydrogen-bond donors (Lipinski definition) is 1. The highest BCUT2D eigenvalue weighted by Crippen LogP contribution is 2.20. The summed E-state index contributed by atoms with van der Waals surface area (Å²) in [6.07, 6.45) is 0. The third-order valence-electron chi connectivity index (χ3n) is 2.31. The minimum absolute atomic E-state index is 0.165. The molecule has 0 aliphatic carbocycles. The fourth-order valence-electron chi connectivity index (χ4n) is 1.68. The van der Waals surface area contributed by atoms with Crippen LogP contribution in [0.4, 0.5) is 0 Å². The van der Waals surface area contributed by atoms with Gasteiger partial charge in [-0.05, 0) is 24.1 Å². The molecule has 1 rings (SSSR count). The number of rotatable bonds is 5. The van der Waals surface area contributed by atoms with Crippen LogP contribution < -0.4 is 0 Å². The quantitative estimate of drug-likeness (QED) is 0.909. The second-order valence-electron chi connectivity index (χ2n) is 4.63. The van der Waals surface area contributed by atoms with Crippen molar-refractivity contribution in [2.45, 2.75) is 13.8 Å². The van der Waals surface area contributed by atoms with Gasteiger partial charge in [0.2, 0.25) is 0 Å². The lowest BCUT2D eigenvalue weighted by atomic mass is 10.1. The monoisotopic (exact) mass is 303 g/mol. The minimum Gasteiger partial charge on any atom is -0.480 e. The number of aliphatic carboxylic acids is 1. The van der Waals surface area contributed by atoms with Gasteiger partial charge in [-0.15, -0.1) is 0 Å². The molecule has 1 aromatic carbocycles. The average molecular weight is 304 g/mol. The molecule has 0 heterocycles. The number of halogens is 2. The maximum Gasteiger partial charge on any atom is 0.323 e. The van der Waals surface area contributed by atoms with Crippen LogP contribution in [0.1, 0.15) is 24.2 Å². The van der Waals surface area contributed by atoms with Crippen LogP contribution >= 0.6 is 23.2 Å². The molecule has 0 fully saturated rings. The zero-order chi connectivity index (χ0) is 14.6. The Labute approximate surface area is 121 Å². The number of carbonyl (C=O) groups excluding carboxylic acids is 1. The van der Waals surface area contributed by atoms with Crippen molar-refractivity contribution in [1.29, 1.82) is 0 Å². The number of carboxylic acids is 1. The van der Waals surface area contributed by atoms with Gasteiger partial charge in [0, 0.05) is 22.2 Å². The van der Waals surface area contributed by atoms with Crippen molar-refractivity contribution in [2.24, 2.45) is 5.92 Å². The number of hydrogen-bond acceptors (Lipinski definition) is 2. The van der Waals surface area contributed by atoms with Crippen molar-refractivity contribution in [2.75, 3.05) is 13.1 Å². The Hall–Kier alpha value is -1.26. The number of amides is 1. The Morgan fingerprint density at radius 1 is 1.21 bits per heavy atom. The lowest BCUT2D eigenvalue weighted by molar-refractivity contribution is -0.137. The number of carboxylic acid groups (broad SMARTS) is 1. The first-order valence-corrected chi connectivity index (χ1v) is 6.52. The van der Waals surface area contributed by atoms with E-state index in [9.17, 15) is 9.59 Å². The summed E-state index contributed by atoms with van der Waals surface area (Å²) in [5.74, 6) is -1.28. The van der Waals surface area contributed by atoms with E-state index < -0.39 is 5.97 Å². The zero-order valence-corrected chi connectivity index (χ0v) is 12.2. The molecule has 0 aliphatic rings. The van der Waals surface area contributed by atoms with Gasteiger partial charge in [-0.2, -0.15) is 0 Å². The van der Waals surface area contributed by atoms with Crippen LogP contribution in [0, 0.1) is 5.92 Å². The van der Waals surface area contributed by atoms with Gasteiger partial charge in [0.25, 0.3) is 5.91 Å². The fourth-order valence-corrected chi connectivity index (χ4v) is 2.21. The largest absolute Gasteiger partial charge is 0.480 e. The second-order valence-corrected chi connectivity index (χ2v) is 5.50. The summed E-state index contributed by atoms with van der Waals surface area (Å²) in [5.41, 5.74) is 0.291. The fraction of sp³-hybridized carbons (Fsp3) is 0.385. The van der Waals surface area contributed by atoms with E-state index in [1.807, 2.05) is 13.8 Å². The van der Waals surface area contributed by atoms with E-state index >= 15 is 0 Å². The molecular weight excluding hydrogens is 289 g/mol. The Morgan fingerprint density at radius 2 is 1.74 bits per heavy atom. The van der Waals surface area contributed by atoms with Gasteiger partial charge in [-0.3, -0.25) is 9.59 Å². The molecule has 19 heavy (non-hydrogen) atoms. The molecule has 0 aromatic heterocycles. The van der Waals surface area contributed by atoms with Crippen molar-refractivity contribution >= 4 is 35.1 Å². The number of benzene rings is 1. The second kappa shape index (κ2) is 6.78. The van der Waals surface area contributed by atoms with Gasteiger partial charge in [-0.1, -0.05) is 37.0 Å². The maximum absolute atomic E-state index is 12.3. The normalized spacial score (nSPS) is 10.6. The lowest BCUT2D eigenvalue weighted by Crippen LogP contribution is -2.38. The highest BCUT2D eigenvalue weighted by molar-refractivity contribution is 6.35. The predicted octanol–water partition coefficient (Wildman–Crippen LogP) is 3.18. The molecule has 0 aliphatic heterocycles. The Balaban J connectivity index is 3.00. The minimum atomic E-state index is -1.05. The van der Waals surface area contributed by atoms with Crippen LogP contribution in [-0.2, 0) is 4.79 Å². The van der Waals surface area contributed by atoms with Gasteiger partial charge >= 0.3 is 5.97 Å². The summed E-state index contributed by atoms with van der Waals surface area (Å²) in [4.78, 5) is 24.4.